The third-order valence-corrected chi connectivity index (χ3v) is 4.56. The van der Waals surface area contributed by atoms with Crippen LogP contribution in [0.5, 0.6) is 0 Å². The molecule has 0 fully saturated rings. The molecule has 0 saturated heterocycles. The SMILES string of the molecule is Cc1sc(N(Cc2ccccn2)c2ccc(C#N)cc2)nc1NC=O. The number of hydrogen-bond donors (Lipinski definition) is 1. The van der Waals surface area contributed by atoms with E-state index < -0.39 is 0 Å². The van der Waals surface area contributed by atoms with Crippen LogP contribution < -0.4 is 10.2 Å². The van der Waals surface area contributed by atoms with Gasteiger partial charge in [-0.1, -0.05) is 17.4 Å². The van der Waals surface area contributed by atoms with E-state index in [4.69, 9.17) is 5.26 Å². The molecule has 3 aromatic rings. The van der Waals surface area contributed by atoms with Crippen LogP contribution in [-0.4, -0.2) is 16.4 Å². The summed E-state index contributed by atoms with van der Waals surface area (Å²) in [7, 11) is 0. The Bertz CT molecular complexity index is 899. The molecule has 25 heavy (non-hydrogen) atoms. The molecule has 0 radical (unpaired) electrons. The summed E-state index contributed by atoms with van der Waals surface area (Å²) in [5, 5.41) is 12.4. The van der Waals surface area contributed by atoms with Gasteiger partial charge in [0.15, 0.2) is 5.13 Å². The maximum Gasteiger partial charge on any atom is 0.212 e. The normalized spacial score (nSPS) is 10.1. The average molecular weight is 349 g/mol. The van der Waals surface area contributed by atoms with E-state index in [9.17, 15) is 4.79 Å². The number of aryl methyl sites for hydroxylation is 1. The second kappa shape index (κ2) is 7.55. The minimum Gasteiger partial charge on any atom is -0.312 e. The summed E-state index contributed by atoms with van der Waals surface area (Å²) < 4.78 is 0. The number of pyridine rings is 1. The first-order valence-corrected chi connectivity index (χ1v) is 8.38. The largest absolute Gasteiger partial charge is 0.312 e. The number of benzene rings is 1. The predicted octanol–water partition coefficient (Wildman–Crippen LogP) is 3.62. The maximum absolute atomic E-state index is 10.7. The van der Waals surface area contributed by atoms with Crippen molar-refractivity contribution in [1.29, 1.82) is 5.26 Å². The van der Waals surface area contributed by atoms with Gasteiger partial charge in [-0.2, -0.15) is 5.26 Å². The summed E-state index contributed by atoms with van der Waals surface area (Å²) in [4.78, 5) is 22.6. The van der Waals surface area contributed by atoms with Gasteiger partial charge in [0.25, 0.3) is 0 Å². The Balaban J connectivity index is 2.00. The van der Waals surface area contributed by atoms with Gasteiger partial charge in [-0.25, -0.2) is 4.98 Å². The zero-order valence-corrected chi connectivity index (χ0v) is 14.3. The lowest BCUT2D eigenvalue weighted by Gasteiger charge is -2.21. The fourth-order valence-corrected chi connectivity index (χ4v) is 3.22. The van der Waals surface area contributed by atoms with Gasteiger partial charge < -0.3 is 10.2 Å². The lowest BCUT2D eigenvalue weighted by atomic mass is 10.2. The molecule has 1 N–H and O–H groups in total. The molecule has 0 atom stereocenters. The van der Waals surface area contributed by atoms with Crippen LogP contribution in [0, 0.1) is 18.3 Å². The van der Waals surface area contributed by atoms with Gasteiger partial charge in [0, 0.05) is 16.8 Å². The fraction of sp³-hybridized carbons (Fsp3) is 0.111. The van der Waals surface area contributed by atoms with Crippen molar-refractivity contribution in [2.75, 3.05) is 10.2 Å². The van der Waals surface area contributed by atoms with Gasteiger partial charge in [0.2, 0.25) is 6.41 Å². The molecule has 2 aromatic heterocycles. The molecule has 3 rings (SSSR count). The number of carbonyl (C=O) groups excluding carboxylic acids is 1. The van der Waals surface area contributed by atoms with Gasteiger partial charge in [-0.15, -0.1) is 0 Å². The molecule has 0 bridgehead atoms. The molecule has 1 amide bonds. The van der Waals surface area contributed by atoms with E-state index in [2.05, 4.69) is 21.4 Å². The zero-order chi connectivity index (χ0) is 17.6. The first-order valence-electron chi connectivity index (χ1n) is 7.56. The fourth-order valence-electron chi connectivity index (χ4n) is 2.33. The molecular weight excluding hydrogens is 334 g/mol. The highest BCUT2D eigenvalue weighted by atomic mass is 32.1. The summed E-state index contributed by atoms with van der Waals surface area (Å²) in [5.74, 6) is 0.551. The minimum atomic E-state index is 0.528. The number of hydrogen-bond acceptors (Lipinski definition) is 6. The van der Waals surface area contributed by atoms with Crippen LogP contribution in [0.4, 0.5) is 16.6 Å². The topological polar surface area (TPSA) is 81.9 Å². The molecule has 2 heterocycles. The van der Waals surface area contributed by atoms with E-state index in [-0.39, 0.29) is 0 Å². The van der Waals surface area contributed by atoms with E-state index in [1.807, 2.05) is 42.2 Å². The molecule has 124 valence electrons. The van der Waals surface area contributed by atoms with Crippen LogP contribution in [0.25, 0.3) is 0 Å². The van der Waals surface area contributed by atoms with Gasteiger partial charge in [-0.05, 0) is 43.3 Å². The smallest absolute Gasteiger partial charge is 0.212 e. The summed E-state index contributed by atoms with van der Waals surface area (Å²) in [6, 6.07) is 15.2. The lowest BCUT2D eigenvalue weighted by molar-refractivity contribution is -0.105. The third-order valence-electron chi connectivity index (χ3n) is 3.57. The first-order chi connectivity index (χ1) is 12.2. The van der Waals surface area contributed by atoms with Crippen molar-refractivity contribution < 1.29 is 4.79 Å². The second-order valence-corrected chi connectivity index (χ2v) is 6.41. The van der Waals surface area contributed by atoms with Gasteiger partial charge in [-0.3, -0.25) is 9.78 Å². The standard InChI is InChI=1S/C18H15N5OS/c1-13-17(21-12-24)22-18(25-13)23(11-15-4-2-3-9-20-15)16-7-5-14(10-19)6-8-16/h2-9,12H,11H2,1H3,(H,21,24). The van der Waals surface area contributed by atoms with Crippen molar-refractivity contribution in [2.24, 2.45) is 0 Å². The Labute approximate surface area is 149 Å². The Kier molecular flexibility index (Phi) is 5.02. The van der Waals surface area contributed by atoms with E-state index in [0.717, 1.165) is 21.4 Å². The maximum atomic E-state index is 10.7. The van der Waals surface area contributed by atoms with Crippen LogP contribution >= 0.6 is 11.3 Å². The van der Waals surface area contributed by atoms with Crippen molar-refractivity contribution >= 4 is 34.4 Å². The number of anilines is 3. The molecule has 0 aliphatic heterocycles. The molecule has 6 nitrogen and oxygen atoms in total. The van der Waals surface area contributed by atoms with Crippen molar-refractivity contribution in [3.05, 3.63) is 64.8 Å². The third kappa shape index (κ3) is 3.82. The Morgan fingerprint density at radius 3 is 2.72 bits per heavy atom. The van der Waals surface area contributed by atoms with Gasteiger partial charge >= 0.3 is 0 Å². The molecule has 1 aromatic carbocycles. The summed E-state index contributed by atoms with van der Waals surface area (Å²) in [6.07, 6.45) is 2.37. The average Bonchev–Trinajstić information content (AvgIpc) is 3.01. The van der Waals surface area contributed by atoms with Crippen LogP contribution in [0.1, 0.15) is 16.1 Å². The summed E-state index contributed by atoms with van der Waals surface area (Å²) in [5.41, 5.74) is 2.39. The summed E-state index contributed by atoms with van der Waals surface area (Å²) in [6.45, 7) is 2.44. The quantitative estimate of drug-likeness (QED) is 0.687. The number of carbonyl (C=O) groups is 1. The van der Waals surface area contributed by atoms with Crippen molar-refractivity contribution in [3.8, 4) is 6.07 Å². The van der Waals surface area contributed by atoms with Crippen LogP contribution in [0.3, 0.4) is 0 Å². The molecule has 0 aliphatic carbocycles. The number of thiazole rings is 1. The van der Waals surface area contributed by atoms with Gasteiger partial charge in [0.1, 0.15) is 5.82 Å². The molecular formula is C18H15N5OS. The number of aromatic nitrogens is 2. The number of nitriles is 1. The highest BCUT2D eigenvalue weighted by Crippen LogP contribution is 2.34. The number of nitrogens with one attached hydrogen (secondary N) is 1. The monoisotopic (exact) mass is 349 g/mol. The van der Waals surface area contributed by atoms with Crippen molar-refractivity contribution in [1.82, 2.24) is 9.97 Å². The summed E-state index contributed by atoms with van der Waals surface area (Å²) >= 11 is 1.49. The number of nitrogens with zero attached hydrogens (tertiary/aromatic N) is 4. The van der Waals surface area contributed by atoms with Crippen LogP contribution in [0.2, 0.25) is 0 Å². The Morgan fingerprint density at radius 1 is 1.28 bits per heavy atom. The molecule has 0 spiro atoms. The van der Waals surface area contributed by atoms with E-state index >= 15 is 0 Å². The zero-order valence-electron chi connectivity index (χ0n) is 13.5. The first kappa shape index (κ1) is 16.6. The second-order valence-electron chi connectivity index (χ2n) is 5.23. The van der Waals surface area contributed by atoms with E-state index in [1.54, 1.807) is 18.3 Å². The van der Waals surface area contributed by atoms with Gasteiger partial charge in [0.05, 0.1) is 23.9 Å². The molecule has 0 aliphatic rings. The van der Waals surface area contributed by atoms with Crippen molar-refractivity contribution in [2.45, 2.75) is 13.5 Å². The highest BCUT2D eigenvalue weighted by Gasteiger charge is 2.17. The van der Waals surface area contributed by atoms with E-state index in [1.165, 1.54) is 11.3 Å². The van der Waals surface area contributed by atoms with Crippen LogP contribution in [-0.2, 0) is 11.3 Å². The lowest BCUT2D eigenvalue weighted by Crippen LogP contribution is -2.17. The van der Waals surface area contributed by atoms with Crippen LogP contribution in [0.15, 0.2) is 48.7 Å². The highest BCUT2D eigenvalue weighted by molar-refractivity contribution is 7.16. The Morgan fingerprint density at radius 2 is 2.08 bits per heavy atom. The van der Waals surface area contributed by atoms with E-state index in [0.29, 0.717) is 24.3 Å². The Hall–Kier alpha value is -3.24. The molecule has 0 unspecified atom stereocenters. The number of amides is 1. The molecule has 7 heteroatoms. The molecule has 0 saturated carbocycles. The number of rotatable bonds is 6. The minimum absolute atomic E-state index is 0.528. The predicted molar refractivity (Wildman–Crippen MR) is 97.8 cm³/mol. The van der Waals surface area contributed by atoms with Crippen molar-refractivity contribution in [3.63, 3.8) is 0 Å².